The second-order valence-electron chi connectivity index (χ2n) is 6.44. The van der Waals surface area contributed by atoms with Gasteiger partial charge < -0.3 is 15.2 Å². The zero-order valence-electron chi connectivity index (χ0n) is 14.3. The predicted molar refractivity (Wildman–Crippen MR) is 92.9 cm³/mol. The van der Waals surface area contributed by atoms with Crippen molar-refractivity contribution in [3.63, 3.8) is 0 Å². The number of ether oxygens (including phenoxy) is 1. The molecule has 0 radical (unpaired) electrons. The van der Waals surface area contributed by atoms with Crippen molar-refractivity contribution in [1.82, 2.24) is 15.3 Å². The van der Waals surface area contributed by atoms with Crippen LogP contribution in [-0.2, 0) is 17.8 Å². The third-order valence-corrected chi connectivity index (χ3v) is 4.52. The van der Waals surface area contributed by atoms with E-state index in [-0.39, 0.29) is 24.0 Å². The van der Waals surface area contributed by atoms with Gasteiger partial charge in [-0.05, 0) is 43.0 Å². The van der Waals surface area contributed by atoms with Crippen molar-refractivity contribution in [2.45, 2.75) is 38.0 Å². The smallest absolute Gasteiger partial charge is 0.270 e. The molecule has 0 bridgehead atoms. The number of carbonyl (C=O) groups is 1. The van der Waals surface area contributed by atoms with Crippen molar-refractivity contribution in [2.75, 3.05) is 7.11 Å². The van der Waals surface area contributed by atoms with Crippen molar-refractivity contribution in [3.8, 4) is 0 Å². The van der Waals surface area contributed by atoms with Crippen LogP contribution in [0.25, 0.3) is 0 Å². The van der Waals surface area contributed by atoms with E-state index >= 15 is 0 Å². The first-order chi connectivity index (χ1) is 12.2. The molecule has 1 saturated carbocycles. The summed E-state index contributed by atoms with van der Waals surface area (Å²) in [5.74, 6) is 0.0448. The van der Waals surface area contributed by atoms with Gasteiger partial charge in [0.15, 0.2) is 0 Å². The minimum absolute atomic E-state index is 0.0707. The quantitative estimate of drug-likeness (QED) is 0.801. The molecule has 1 amide bonds. The number of nitrogens with one attached hydrogen (secondary N) is 1. The number of methoxy groups -OCH3 is 1. The van der Waals surface area contributed by atoms with Gasteiger partial charge in [-0.1, -0.05) is 12.1 Å². The minimum Gasteiger partial charge on any atom is -0.393 e. The lowest BCUT2D eigenvalue weighted by Gasteiger charge is -2.38. The number of aliphatic hydroxyl groups is 1. The van der Waals surface area contributed by atoms with E-state index in [9.17, 15) is 9.90 Å². The maximum absolute atomic E-state index is 12.6. The van der Waals surface area contributed by atoms with Crippen LogP contribution in [0.3, 0.4) is 0 Å². The third-order valence-electron chi connectivity index (χ3n) is 4.52. The molecule has 3 rings (SSSR count). The highest BCUT2D eigenvalue weighted by Crippen LogP contribution is 2.31. The number of pyridine rings is 2. The Balaban J connectivity index is 1.70. The van der Waals surface area contributed by atoms with E-state index in [1.807, 2.05) is 24.3 Å². The molecule has 2 aromatic rings. The summed E-state index contributed by atoms with van der Waals surface area (Å²) in [4.78, 5) is 21.3. The van der Waals surface area contributed by atoms with Crippen LogP contribution in [0.5, 0.6) is 0 Å². The highest BCUT2D eigenvalue weighted by molar-refractivity contribution is 5.92. The maximum atomic E-state index is 12.6. The fraction of sp³-hybridized carbons (Fsp3) is 0.421. The molecule has 2 N–H and O–H groups in total. The molecule has 2 heterocycles. The van der Waals surface area contributed by atoms with Crippen LogP contribution in [0.2, 0.25) is 0 Å². The van der Waals surface area contributed by atoms with E-state index in [4.69, 9.17) is 4.74 Å². The Kier molecular flexibility index (Phi) is 5.73. The Labute approximate surface area is 147 Å². The number of aromatic nitrogens is 2. The first-order valence-corrected chi connectivity index (χ1v) is 8.49. The maximum Gasteiger partial charge on any atom is 0.270 e. The number of nitrogens with zero attached hydrogens (tertiary/aromatic N) is 2. The molecule has 1 aliphatic carbocycles. The van der Waals surface area contributed by atoms with Gasteiger partial charge in [0.2, 0.25) is 0 Å². The molecule has 132 valence electrons. The van der Waals surface area contributed by atoms with Gasteiger partial charge >= 0.3 is 0 Å². The molecular weight excluding hydrogens is 318 g/mol. The summed E-state index contributed by atoms with van der Waals surface area (Å²) in [6.07, 6.45) is 3.53. The summed E-state index contributed by atoms with van der Waals surface area (Å²) in [5.41, 5.74) is 2.02. The Morgan fingerprint density at radius 3 is 2.76 bits per heavy atom. The fourth-order valence-electron chi connectivity index (χ4n) is 3.11. The summed E-state index contributed by atoms with van der Waals surface area (Å²) in [6, 6.07) is 11.0. The molecule has 1 fully saturated rings. The lowest BCUT2D eigenvalue weighted by Crippen LogP contribution is -2.48. The van der Waals surface area contributed by atoms with E-state index < -0.39 is 0 Å². The summed E-state index contributed by atoms with van der Waals surface area (Å²) in [7, 11) is 1.60. The van der Waals surface area contributed by atoms with Gasteiger partial charge in [-0.3, -0.25) is 9.78 Å². The van der Waals surface area contributed by atoms with Crippen molar-refractivity contribution in [1.29, 1.82) is 0 Å². The van der Waals surface area contributed by atoms with Crippen LogP contribution in [0, 0.1) is 5.92 Å². The molecule has 1 aliphatic rings. The summed E-state index contributed by atoms with van der Waals surface area (Å²) in [5, 5.41) is 12.7. The van der Waals surface area contributed by atoms with Crippen molar-refractivity contribution >= 4 is 5.91 Å². The Morgan fingerprint density at radius 2 is 2.08 bits per heavy atom. The predicted octanol–water partition coefficient (Wildman–Crippen LogP) is 1.73. The number of rotatable bonds is 7. The van der Waals surface area contributed by atoms with Gasteiger partial charge in [-0.25, -0.2) is 4.98 Å². The van der Waals surface area contributed by atoms with E-state index in [0.717, 1.165) is 11.4 Å². The average molecular weight is 341 g/mol. The van der Waals surface area contributed by atoms with Gasteiger partial charge in [0.1, 0.15) is 5.69 Å². The highest BCUT2D eigenvalue weighted by atomic mass is 16.5. The Morgan fingerprint density at radius 1 is 1.28 bits per heavy atom. The topological polar surface area (TPSA) is 84.3 Å². The number of hydrogen-bond acceptors (Lipinski definition) is 5. The molecule has 25 heavy (non-hydrogen) atoms. The first-order valence-electron chi connectivity index (χ1n) is 8.49. The minimum atomic E-state index is -0.267. The van der Waals surface area contributed by atoms with Gasteiger partial charge in [0, 0.05) is 31.5 Å². The van der Waals surface area contributed by atoms with Gasteiger partial charge in [0.25, 0.3) is 5.91 Å². The van der Waals surface area contributed by atoms with Crippen LogP contribution < -0.4 is 5.32 Å². The zero-order chi connectivity index (χ0) is 17.6. The molecule has 0 saturated heterocycles. The molecule has 0 spiro atoms. The Hall–Kier alpha value is -2.31. The van der Waals surface area contributed by atoms with Gasteiger partial charge in [0.05, 0.1) is 18.4 Å². The molecule has 1 atom stereocenters. The van der Waals surface area contributed by atoms with E-state index in [0.29, 0.717) is 31.6 Å². The van der Waals surface area contributed by atoms with Crippen molar-refractivity contribution in [2.24, 2.45) is 5.92 Å². The van der Waals surface area contributed by atoms with Gasteiger partial charge in [-0.15, -0.1) is 0 Å². The molecule has 0 aliphatic heterocycles. The SMILES string of the molecule is COCc1cccc(C(=O)N[C@H](Cc2ccccn2)C2CC(O)C2)n1. The largest absolute Gasteiger partial charge is 0.393 e. The summed E-state index contributed by atoms with van der Waals surface area (Å²) in [6.45, 7) is 0.368. The van der Waals surface area contributed by atoms with E-state index in [1.54, 1.807) is 25.4 Å². The molecule has 0 aromatic carbocycles. The standard InChI is InChI=1S/C19H23N3O3/c1-25-12-15-6-4-7-17(21-15)19(24)22-18(13-9-16(23)10-13)11-14-5-2-3-8-20-14/h2-8,13,16,18,23H,9-12H2,1H3,(H,22,24)/t13?,16?,18-/m1/s1. The molecule has 2 aromatic heterocycles. The zero-order valence-corrected chi connectivity index (χ0v) is 14.3. The number of carbonyl (C=O) groups excluding carboxylic acids is 1. The summed E-state index contributed by atoms with van der Waals surface area (Å²) < 4.78 is 5.07. The fourth-order valence-corrected chi connectivity index (χ4v) is 3.11. The van der Waals surface area contributed by atoms with E-state index in [2.05, 4.69) is 15.3 Å². The number of amides is 1. The lowest BCUT2D eigenvalue weighted by molar-refractivity contribution is 0.0237. The van der Waals surface area contributed by atoms with Crippen LogP contribution in [0.15, 0.2) is 42.6 Å². The third kappa shape index (κ3) is 4.61. The normalized spacial score (nSPS) is 20.6. The second kappa shape index (κ2) is 8.18. The van der Waals surface area contributed by atoms with Crippen LogP contribution in [0.1, 0.15) is 34.7 Å². The van der Waals surface area contributed by atoms with Crippen LogP contribution >= 0.6 is 0 Å². The molecule has 6 nitrogen and oxygen atoms in total. The van der Waals surface area contributed by atoms with Crippen molar-refractivity contribution in [3.05, 3.63) is 59.7 Å². The van der Waals surface area contributed by atoms with Crippen LogP contribution in [0.4, 0.5) is 0 Å². The highest BCUT2D eigenvalue weighted by Gasteiger charge is 2.35. The second-order valence-corrected chi connectivity index (χ2v) is 6.44. The number of aliphatic hydroxyl groups excluding tert-OH is 1. The molecule has 0 unspecified atom stereocenters. The van der Waals surface area contributed by atoms with Crippen LogP contribution in [-0.4, -0.2) is 40.2 Å². The van der Waals surface area contributed by atoms with E-state index in [1.165, 1.54) is 0 Å². The Bertz CT molecular complexity index is 702. The van der Waals surface area contributed by atoms with Crippen molar-refractivity contribution < 1.29 is 14.6 Å². The summed E-state index contributed by atoms with van der Waals surface area (Å²) >= 11 is 0. The number of hydrogen-bond donors (Lipinski definition) is 2. The molecular formula is C19H23N3O3. The molecule has 6 heteroatoms. The van der Waals surface area contributed by atoms with Gasteiger partial charge in [-0.2, -0.15) is 0 Å². The monoisotopic (exact) mass is 341 g/mol. The first kappa shape index (κ1) is 17.5. The lowest BCUT2D eigenvalue weighted by atomic mass is 9.76. The average Bonchev–Trinajstić information content (AvgIpc) is 2.60.